The Morgan fingerprint density at radius 2 is 1.68 bits per heavy atom. The maximum Gasteiger partial charge on any atom is 0.306 e. The summed E-state index contributed by atoms with van der Waals surface area (Å²) in [6.45, 7) is 2.22. The number of carbonyl (C=O) groups excluding carboxylic acids is 1. The fraction of sp³-hybridized carbons (Fsp3) is 0.867. The smallest absolute Gasteiger partial charge is 0.306 e. The predicted octanol–water partition coefficient (Wildman–Crippen LogP) is 2.52. The van der Waals surface area contributed by atoms with Crippen LogP contribution in [-0.4, -0.2) is 35.0 Å². The molecule has 2 rings (SSSR count). The molecule has 0 bridgehead atoms. The first-order valence-corrected chi connectivity index (χ1v) is 7.50. The number of carboxylic acid groups (broad SMARTS) is 1. The summed E-state index contributed by atoms with van der Waals surface area (Å²) in [6.07, 6.45) is 6.68. The zero-order valence-electron chi connectivity index (χ0n) is 12.0. The molecule has 0 radical (unpaired) electrons. The molecule has 19 heavy (non-hydrogen) atoms. The number of hydrogen-bond acceptors (Lipinski definition) is 2. The monoisotopic (exact) mass is 267 g/mol. The second-order valence-corrected chi connectivity index (χ2v) is 6.32. The molecule has 0 aromatic heterocycles. The average Bonchev–Trinajstić information content (AvgIpc) is 2.87. The van der Waals surface area contributed by atoms with E-state index < -0.39 is 5.97 Å². The van der Waals surface area contributed by atoms with Gasteiger partial charge < -0.3 is 10.0 Å². The standard InChI is InChI=1S/C15H25NO3/c1-10-5-3-4-6-13(10)16(2)14(17)11-7-8-12(9-11)15(18)19/h10-13H,3-9H2,1-2H3,(H,18,19). The fourth-order valence-electron chi connectivity index (χ4n) is 3.75. The van der Waals surface area contributed by atoms with Crippen LogP contribution in [-0.2, 0) is 9.59 Å². The molecule has 2 saturated carbocycles. The number of carboxylic acids is 1. The molecule has 1 amide bonds. The minimum Gasteiger partial charge on any atom is -0.481 e. The van der Waals surface area contributed by atoms with Crippen LogP contribution in [0.15, 0.2) is 0 Å². The summed E-state index contributed by atoms with van der Waals surface area (Å²) in [5.74, 6) is -0.391. The first-order valence-electron chi connectivity index (χ1n) is 7.50. The molecule has 2 fully saturated rings. The highest BCUT2D eigenvalue weighted by Crippen LogP contribution is 2.34. The molecular formula is C15H25NO3. The van der Waals surface area contributed by atoms with Crippen LogP contribution in [0, 0.1) is 17.8 Å². The van der Waals surface area contributed by atoms with E-state index >= 15 is 0 Å². The highest BCUT2D eigenvalue weighted by atomic mass is 16.4. The van der Waals surface area contributed by atoms with Crippen molar-refractivity contribution in [1.29, 1.82) is 0 Å². The first-order chi connectivity index (χ1) is 9.00. The number of carbonyl (C=O) groups is 2. The third-order valence-corrected chi connectivity index (χ3v) is 5.04. The average molecular weight is 267 g/mol. The second kappa shape index (κ2) is 5.93. The molecule has 2 aliphatic rings. The Morgan fingerprint density at radius 1 is 1.05 bits per heavy atom. The first kappa shape index (κ1) is 14.4. The molecule has 0 spiro atoms. The van der Waals surface area contributed by atoms with Gasteiger partial charge in [-0.2, -0.15) is 0 Å². The van der Waals surface area contributed by atoms with Gasteiger partial charge in [-0.05, 0) is 38.0 Å². The van der Waals surface area contributed by atoms with Gasteiger partial charge in [0.2, 0.25) is 5.91 Å². The van der Waals surface area contributed by atoms with Crippen LogP contribution in [0.25, 0.3) is 0 Å². The normalized spacial score (nSPS) is 35.1. The topological polar surface area (TPSA) is 57.6 Å². The lowest BCUT2D eigenvalue weighted by molar-refractivity contribution is -0.142. The molecule has 0 aliphatic heterocycles. The van der Waals surface area contributed by atoms with Gasteiger partial charge in [0, 0.05) is 19.0 Å². The van der Waals surface area contributed by atoms with Crippen molar-refractivity contribution in [2.45, 2.75) is 57.9 Å². The zero-order chi connectivity index (χ0) is 14.0. The largest absolute Gasteiger partial charge is 0.481 e. The summed E-state index contributed by atoms with van der Waals surface area (Å²) >= 11 is 0. The van der Waals surface area contributed by atoms with Gasteiger partial charge in [0.25, 0.3) is 0 Å². The van der Waals surface area contributed by atoms with E-state index in [1.807, 2.05) is 11.9 Å². The summed E-state index contributed by atoms with van der Waals surface area (Å²) < 4.78 is 0. The Kier molecular flexibility index (Phi) is 4.48. The minimum atomic E-state index is -0.746. The lowest BCUT2D eigenvalue weighted by Crippen LogP contribution is -2.44. The lowest BCUT2D eigenvalue weighted by atomic mass is 9.84. The quantitative estimate of drug-likeness (QED) is 0.854. The molecule has 4 nitrogen and oxygen atoms in total. The maximum atomic E-state index is 12.5. The molecule has 0 heterocycles. The molecule has 2 aliphatic carbocycles. The van der Waals surface area contributed by atoms with Gasteiger partial charge >= 0.3 is 5.97 Å². The van der Waals surface area contributed by atoms with E-state index in [0.29, 0.717) is 24.8 Å². The van der Waals surface area contributed by atoms with Gasteiger partial charge in [-0.3, -0.25) is 9.59 Å². The van der Waals surface area contributed by atoms with Crippen LogP contribution >= 0.6 is 0 Å². The van der Waals surface area contributed by atoms with Crippen molar-refractivity contribution >= 4 is 11.9 Å². The SMILES string of the molecule is CC1CCCCC1N(C)C(=O)C1CCC(C(=O)O)C1. The third kappa shape index (κ3) is 3.10. The summed E-state index contributed by atoms with van der Waals surface area (Å²) in [6, 6.07) is 0.352. The van der Waals surface area contributed by atoms with Gasteiger partial charge in [0.05, 0.1) is 5.92 Å². The van der Waals surface area contributed by atoms with Crippen molar-refractivity contribution < 1.29 is 14.7 Å². The van der Waals surface area contributed by atoms with Crippen molar-refractivity contribution in [3.63, 3.8) is 0 Å². The fourth-order valence-corrected chi connectivity index (χ4v) is 3.75. The van der Waals surface area contributed by atoms with Gasteiger partial charge in [0.1, 0.15) is 0 Å². The number of hydrogen-bond donors (Lipinski definition) is 1. The zero-order valence-corrected chi connectivity index (χ0v) is 12.0. The number of amides is 1. The highest BCUT2D eigenvalue weighted by Gasteiger charge is 2.37. The maximum absolute atomic E-state index is 12.5. The Balaban J connectivity index is 1.94. The molecule has 4 heteroatoms. The van der Waals surface area contributed by atoms with E-state index in [1.165, 1.54) is 19.3 Å². The van der Waals surface area contributed by atoms with E-state index in [-0.39, 0.29) is 17.7 Å². The molecule has 1 N–H and O–H groups in total. The van der Waals surface area contributed by atoms with Gasteiger partial charge in [0.15, 0.2) is 0 Å². The summed E-state index contributed by atoms with van der Waals surface area (Å²) in [7, 11) is 1.91. The van der Waals surface area contributed by atoms with Crippen LogP contribution < -0.4 is 0 Å². The van der Waals surface area contributed by atoms with Crippen LogP contribution in [0.5, 0.6) is 0 Å². The van der Waals surface area contributed by atoms with Crippen molar-refractivity contribution in [2.24, 2.45) is 17.8 Å². The third-order valence-electron chi connectivity index (χ3n) is 5.04. The van der Waals surface area contributed by atoms with Crippen molar-refractivity contribution in [1.82, 2.24) is 4.90 Å². The van der Waals surface area contributed by atoms with Crippen LogP contribution in [0.4, 0.5) is 0 Å². The Hall–Kier alpha value is -1.06. The van der Waals surface area contributed by atoms with Crippen LogP contribution in [0.1, 0.15) is 51.9 Å². The summed E-state index contributed by atoms with van der Waals surface area (Å²) in [5.41, 5.74) is 0. The summed E-state index contributed by atoms with van der Waals surface area (Å²) in [4.78, 5) is 25.4. The summed E-state index contributed by atoms with van der Waals surface area (Å²) in [5, 5.41) is 9.02. The van der Waals surface area contributed by atoms with Crippen molar-refractivity contribution in [3.8, 4) is 0 Å². The number of rotatable bonds is 3. The Morgan fingerprint density at radius 3 is 2.26 bits per heavy atom. The van der Waals surface area contributed by atoms with Crippen LogP contribution in [0.2, 0.25) is 0 Å². The van der Waals surface area contributed by atoms with E-state index in [4.69, 9.17) is 5.11 Å². The Labute approximate surface area is 115 Å². The van der Waals surface area contributed by atoms with Gasteiger partial charge in [-0.25, -0.2) is 0 Å². The minimum absolute atomic E-state index is 0.0692. The van der Waals surface area contributed by atoms with Crippen molar-refractivity contribution in [3.05, 3.63) is 0 Å². The Bertz CT molecular complexity index is 355. The van der Waals surface area contributed by atoms with Crippen LogP contribution in [0.3, 0.4) is 0 Å². The van der Waals surface area contributed by atoms with Gasteiger partial charge in [-0.15, -0.1) is 0 Å². The number of nitrogens with zero attached hydrogens (tertiary/aromatic N) is 1. The molecule has 0 saturated heterocycles. The number of aliphatic carboxylic acids is 1. The molecule has 4 atom stereocenters. The van der Waals surface area contributed by atoms with E-state index in [2.05, 4.69) is 6.92 Å². The molecule has 4 unspecified atom stereocenters. The second-order valence-electron chi connectivity index (χ2n) is 6.32. The molecule has 108 valence electrons. The predicted molar refractivity (Wildman–Crippen MR) is 72.7 cm³/mol. The molecule has 0 aromatic rings. The highest BCUT2D eigenvalue weighted by molar-refractivity contribution is 5.81. The van der Waals surface area contributed by atoms with Gasteiger partial charge in [-0.1, -0.05) is 19.8 Å². The van der Waals surface area contributed by atoms with E-state index in [9.17, 15) is 9.59 Å². The lowest BCUT2D eigenvalue weighted by Gasteiger charge is -2.37. The molecular weight excluding hydrogens is 242 g/mol. The molecule has 0 aromatic carbocycles. The van der Waals surface area contributed by atoms with E-state index in [1.54, 1.807) is 0 Å². The van der Waals surface area contributed by atoms with E-state index in [0.717, 1.165) is 12.8 Å². The van der Waals surface area contributed by atoms with Crippen molar-refractivity contribution in [2.75, 3.05) is 7.05 Å².